The van der Waals surface area contributed by atoms with E-state index < -0.39 is 0 Å². The van der Waals surface area contributed by atoms with E-state index in [0.29, 0.717) is 5.75 Å². The van der Waals surface area contributed by atoms with Gasteiger partial charge in [0.1, 0.15) is 5.75 Å². The molecule has 0 saturated carbocycles. The summed E-state index contributed by atoms with van der Waals surface area (Å²) in [5.74, 6) is 1.24. The van der Waals surface area contributed by atoms with Crippen LogP contribution in [0.2, 0.25) is 0 Å². The van der Waals surface area contributed by atoms with Gasteiger partial charge in [-0.3, -0.25) is 0 Å². The third-order valence-corrected chi connectivity index (χ3v) is 3.89. The van der Waals surface area contributed by atoms with E-state index in [1.807, 2.05) is 18.2 Å². The highest BCUT2D eigenvalue weighted by Gasteiger charge is 2.10. The van der Waals surface area contributed by atoms with Gasteiger partial charge in [-0.2, -0.15) is 0 Å². The molecular weight excluding hydrogens is 246 g/mol. The predicted molar refractivity (Wildman–Crippen MR) is 87.2 cm³/mol. The molecule has 1 N–H and O–H groups in total. The Morgan fingerprint density at radius 3 is 2.40 bits per heavy atom. The van der Waals surface area contributed by atoms with Crippen molar-refractivity contribution >= 4 is 0 Å². The summed E-state index contributed by atoms with van der Waals surface area (Å²) in [6, 6.07) is 7.72. The van der Waals surface area contributed by atoms with Crippen molar-refractivity contribution < 1.29 is 5.11 Å². The van der Waals surface area contributed by atoms with Crippen molar-refractivity contribution in [2.24, 2.45) is 5.92 Å². The second kappa shape index (κ2) is 9.82. The van der Waals surface area contributed by atoms with Gasteiger partial charge in [-0.1, -0.05) is 44.4 Å². The van der Waals surface area contributed by atoms with Gasteiger partial charge in [0.15, 0.2) is 0 Å². The minimum Gasteiger partial charge on any atom is -0.508 e. The van der Waals surface area contributed by atoms with Gasteiger partial charge in [0, 0.05) is 6.54 Å². The fraction of sp³-hybridized carbons (Fsp3) is 0.667. The van der Waals surface area contributed by atoms with Gasteiger partial charge in [0.05, 0.1) is 0 Å². The Bertz CT molecular complexity index is 362. The highest BCUT2D eigenvalue weighted by Crippen LogP contribution is 2.21. The van der Waals surface area contributed by atoms with Crippen LogP contribution in [0.1, 0.15) is 51.0 Å². The van der Waals surface area contributed by atoms with Crippen molar-refractivity contribution in [3.63, 3.8) is 0 Å². The smallest absolute Gasteiger partial charge is 0.118 e. The number of hydrogen-bond donors (Lipinski definition) is 1. The maximum absolute atomic E-state index is 9.79. The SMILES string of the molecule is CCCCCC(CCCc1ccccc1O)CN(C)C. The Kier molecular flexibility index (Phi) is 8.36. The number of para-hydroxylation sites is 1. The number of phenols is 1. The maximum atomic E-state index is 9.79. The molecule has 0 spiro atoms. The molecular formula is C18H31NO. The van der Waals surface area contributed by atoms with Crippen LogP contribution in [0.4, 0.5) is 0 Å². The number of aryl methyl sites for hydroxylation is 1. The van der Waals surface area contributed by atoms with Crippen LogP contribution in [-0.4, -0.2) is 30.6 Å². The Hall–Kier alpha value is -1.02. The molecule has 2 nitrogen and oxygen atoms in total. The first-order valence-corrected chi connectivity index (χ1v) is 8.05. The highest BCUT2D eigenvalue weighted by atomic mass is 16.3. The van der Waals surface area contributed by atoms with E-state index >= 15 is 0 Å². The molecule has 0 radical (unpaired) electrons. The summed E-state index contributed by atoms with van der Waals surface area (Å²) in [6.07, 6.45) is 8.76. The van der Waals surface area contributed by atoms with Crippen LogP contribution < -0.4 is 0 Å². The molecule has 0 amide bonds. The fourth-order valence-electron chi connectivity index (χ4n) is 2.83. The van der Waals surface area contributed by atoms with Gasteiger partial charge >= 0.3 is 0 Å². The zero-order valence-electron chi connectivity index (χ0n) is 13.4. The summed E-state index contributed by atoms with van der Waals surface area (Å²) in [6.45, 7) is 3.45. The van der Waals surface area contributed by atoms with E-state index in [1.165, 1.54) is 45.1 Å². The highest BCUT2D eigenvalue weighted by molar-refractivity contribution is 5.31. The minimum absolute atomic E-state index is 0.447. The normalized spacial score (nSPS) is 12.8. The van der Waals surface area contributed by atoms with Gasteiger partial charge in [-0.05, 0) is 57.3 Å². The lowest BCUT2D eigenvalue weighted by molar-refractivity contribution is 0.289. The third-order valence-electron chi connectivity index (χ3n) is 3.89. The molecule has 1 aromatic rings. The van der Waals surface area contributed by atoms with E-state index in [-0.39, 0.29) is 0 Å². The average Bonchev–Trinajstić information content (AvgIpc) is 2.40. The lowest BCUT2D eigenvalue weighted by Gasteiger charge is -2.21. The Morgan fingerprint density at radius 2 is 1.75 bits per heavy atom. The second-order valence-corrected chi connectivity index (χ2v) is 6.14. The topological polar surface area (TPSA) is 23.5 Å². The van der Waals surface area contributed by atoms with Crippen molar-refractivity contribution in [2.45, 2.75) is 51.9 Å². The van der Waals surface area contributed by atoms with Crippen molar-refractivity contribution in [3.8, 4) is 5.75 Å². The first-order valence-electron chi connectivity index (χ1n) is 8.05. The van der Waals surface area contributed by atoms with Crippen LogP contribution in [0.25, 0.3) is 0 Å². The molecule has 20 heavy (non-hydrogen) atoms. The minimum atomic E-state index is 0.447. The van der Waals surface area contributed by atoms with Crippen molar-refractivity contribution in [3.05, 3.63) is 29.8 Å². The van der Waals surface area contributed by atoms with E-state index in [4.69, 9.17) is 0 Å². The number of hydrogen-bond acceptors (Lipinski definition) is 2. The first kappa shape index (κ1) is 17.0. The van der Waals surface area contributed by atoms with E-state index in [9.17, 15) is 5.11 Å². The average molecular weight is 277 g/mol. The lowest BCUT2D eigenvalue weighted by atomic mass is 9.93. The first-order chi connectivity index (χ1) is 9.63. The van der Waals surface area contributed by atoms with Gasteiger partial charge in [0.2, 0.25) is 0 Å². The molecule has 2 heteroatoms. The fourth-order valence-corrected chi connectivity index (χ4v) is 2.83. The van der Waals surface area contributed by atoms with Gasteiger partial charge < -0.3 is 10.0 Å². The monoisotopic (exact) mass is 277 g/mol. The van der Waals surface area contributed by atoms with Crippen LogP contribution in [0.5, 0.6) is 5.75 Å². The standard InChI is InChI=1S/C18H31NO/c1-4-5-6-10-16(15-19(2)3)11-9-13-17-12-7-8-14-18(17)20/h7-8,12,14,16,20H,4-6,9-11,13,15H2,1-3H3. The molecule has 0 heterocycles. The number of rotatable bonds is 10. The van der Waals surface area contributed by atoms with E-state index in [0.717, 1.165) is 17.9 Å². The van der Waals surface area contributed by atoms with Crippen molar-refractivity contribution in [2.75, 3.05) is 20.6 Å². The molecule has 0 bridgehead atoms. The zero-order valence-corrected chi connectivity index (χ0v) is 13.4. The van der Waals surface area contributed by atoms with Crippen molar-refractivity contribution in [1.82, 2.24) is 4.90 Å². The van der Waals surface area contributed by atoms with Crippen LogP contribution in [-0.2, 0) is 6.42 Å². The summed E-state index contributed by atoms with van der Waals surface area (Å²) in [5, 5.41) is 9.79. The Morgan fingerprint density at radius 1 is 1.05 bits per heavy atom. The van der Waals surface area contributed by atoms with Gasteiger partial charge in [-0.15, -0.1) is 0 Å². The number of phenolic OH excluding ortho intramolecular Hbond substituents is 1. The number of benzene rings is 1. The maximum Gasteiger partial charge on any atom is 0.118 e. The molecule has 0 aromatic heterocycles. The summed E-state index contributed by atoms with van der Waals surface area (Å²) in [4.78, 5) is 2.30. The van der Waals surface area contributed by atoms with E-state index in [1.54, 1.807) is 6.07 Å². The third kappa shape index (κ3) is 6.95. The summed E-state index contributed by atoms with van der Waals surface area (Å²) in [5.41, 5.74) is 1.09. The van der Waals surface area contributed by atoms with Crippen LogP contribution in [0.3, 0.4) is 0 Å². The van der Waals surface area contributed by atoms with Gasteiger partial charge in [0.25, 0.3) is 0 Å². The summed E-state index contributed by atoms with van der Waals surface area (Å²) in [7, 11) is 4.33. The molecule has 0 aliphatic carbocycles. The van der Waals surface area contributed by atoms with Gasteiger partial charge in [-0.25, -0.2) is 0 Å². The molecule has 1 aromatic carbocycles. The molecule has 0 saturated heterocycles. The van der Waals surface area contributed by atoms with E-state index in [2.05, 4.69) is 25.9 Å². The van der Waals surface area contributed by atoms with Crippen LogP contribution in [0, 0.1) is 5.92 Å². The number of nitrogens with zero attached hydrogens (tertiary/aromatic N) is 1. The molecule has 1 unspecified atom stereocenters. The Balaban J connectivity index is 2.35. The second-order valence-electron chi connectivity index (χ2n) is 6.14. The largest absolute Gasteiger partial charge is 0.508 e. The quantitative estimate of drug-likeness (QED) is 0.638. The molecule has 0 aliphatic rings. The predicted octanol–water partition coefficient (Wildman–Crippen LogP) is 4.47. The van der Waals surface area contributed by atoms with Crippen LogP contribution in [0.15, 0.2) is 24.3 Å². The van der Waals surface area contributed by atoms with Crippen molar-refractivity contribution in [1.29, 1.82) is 0 Å². The molecule has 1 atom stereocenters. The summed E-state index contributed by atoms with van der Waals surface area (Å²) < 4.78 is 0. The number of aromatic hydroxyl groups is 1. The molecule has 1 rings (SSSR count). The number of unbranched alkanes of at least 4 members (excludes halogenated alkanes) is 2. The Labute approximate surface area is 124 Å². The molecule has 114 valence electrons. The summed E-state index contributed by atoms with van der Waals surface area (Å²) >= 11 is 0. The lowest BCUT2D eigenvalue weighted by Crippen LogP contribution is -2.22. The zero-order chi connectivity index (χ0) is 14.8. The molecule has 0 fully saturated rings. The van der Waals surface area contributed by atoms with Crippen LogP contribution >= 0.6 is 0 Å². The molecule has 0 aliphatic heterocycles.